The average Bonchev–Trinajstić information content (AvgIpc) is 2.42. The van der Waals surface area contributed by atoms with E-state index in [1.54, 1.807) is 0 Å². The number of hydrogen-bond acceptors (Lipinski definition) is 8. The first kappa shape index (κ1) is 25.5. The zero-order chi connectivity index (χ0) is 18.4. The molecule has 0 aromatic heterocycles. The van der Waals surface area contributed by atoms with Crippen LogP contribution in [0.2, 0.25) is 0 Å². The van der Waals surface area contributed by atoms with Gasteiger partial charge >= 0.3 is 71.1 Å². The molecule has 0 radical (unpaired) electrons. The molecule has 0 saturated carbocycles. The van der Waals surface area contributed by atoms with Crippen molar-refractivity contribution in [1.29, 1.82) is 0 Å². The first-order valence-corrected chi connectivity index (χ1v) is 8.64. The van der Waals surface area contributed by atoms with Gasteiger partial charge in [0.05, 0.1) is 20.9 Å². The van der Waals surface area contributed by atoms with Crippen molar-refractivity contribution in [2.24, 2.45) is 0 Å². The quantitative estimate of drug-likeness (QED) is 0.356. The molecular formula is C12H6Na2O10S2. The van der Waals surface area contributed by atoms with Crippen LogP contribution in [0.5, 0.6) is 0 Å². The van der Waals surface area contributed by atoms with Gasteiger partial charge in [0, 0.05) is 0 Å². The molecule has 0 saturated heterocycles. The topological polar surface area (TPSA) is 189 Å². The second-order valence-corrected chi connectivity index (χ2v) is 7.26. The molecule has 2 N–H and O–H groups in total. The van der Waals surface area contributed by atoms with Gasteiger partial charge in [-0.25, -0.2) is 26.4 Å². The molecule has 26 heavy (non-hydrogen) atoms. The first-order chi connectivity index (χ1) is 10.8. The van der Waals surface area contributed by atoms with Crippen LogP contribution in [0.15, 0.2) is 34.1 Å². The molecule has 14 heteroatoms. The minimum atomic E-state index is -5.20. The molecule has 0 bridgehead atoms. The van der Waals surface area contributed by atoms with Crippen LogP contribution in [0, 0.1) is 0 Å². The maximum atomic E-state index is 11.2. The van der Waals surface area contributed by atoms with Gasteiger partial charge in [0.2, 0.25) is 0 Å². The van der Waals surface area contributed by atoms with Gasteiger partial charge in [0.1, 0.15) is 20.2 Å². The molecule has 2 aromatic rings. The van der Waals surface area contributed by atoms with Crippen LogP contribution in [0.25, 0.3) is 10.8 Å². The van der Waals surface area contributed by atoms with E-state index in [4.69, 9.17) is 10.2 Å². The number of aromatic carboxylic acids is 2. The van der Waals surface area contributed by atoms with E-state index in [2.05, 4.69) is 0 Å². The van der Waals surface area contributed by atoms with Crippen LogP contribution >= 0.6 is 0 Å². The molecule has 128 valence electrons. The van der Waals surface area contributed by atoms with Gasteiger partial charge in [-0.05, 0) is 35.0 Å². The molecule has 10 nitrogen and oxygen atoms in total. The molecule has 2 aromatic carbocycles. The Kier molecular flexibility index (Phi) is 8.47. The summed E-state index contributed by atoms with van der Waals surface area (Å²) in [6.45, 7) is 0. The summed E-state index contributed by atoms with van der Waals surface area (Å²) in [6, 6.07) is 2.55. The summed E-state index contributed by atoms with van der Waals surface area (Å²) in [5, 5.41) is 17.5. The molecule has 0 amide bonds. The van der Waals surface area contributed by atoms with Crippen molar-refractivity contribution in [3.05, 3.63) is 35.4 Å². The van der Waals surface area contributed by atoms with Crippen molar-refractivity contribution in [2.75, 3.05) is 0 Å². The number of fused-ring (bicyclic) bond motifs is 1. The maximum absolute atomic E-state index is 11.2. The number of hydrogen-bond donors (Lipinski definition) is 2. The van der Waals surface area contributed by atoms with E-state index in [1.165, 1.54) is 0 Å². The fraction of sp³-hybridized carbons (Fsp3) is 0. The summed E-state index contributed by atoms with van der Waals surface area (Å²) < 4.78 is 67.0. The molecular weight excluding hydrogens is 414 g/mol. The number of carboxylic acid groups (broad SMARTS) is 2. The summed E-state index contributed by atoms with van der Waals surface area (Å²) >= 11 is 0. The van der Waals surface area contributed by atoms with Gasteiger partial charge < -0.3 is 19.3 Å². The third-order valence-corrected chi connectivity index (χ3v) is 4.79. The second-order valence-electron chi connectivity index (χ2n) is 4.56. The first-order valence-electron chi connectivity index (χ1n) is 5.82. The van der Waals surface area contributed by atoms with Gasteiger partial charge in [-0.15, -0.1) is 0 Å². The monoisotopic (exact) mass is 420 g/mol. The van der Waals surface area contributed by atoms with E-state index < -0.39 is 53.1 Å². The molecule has 0 aliphatic heterocycles. The van der Waals surface area contributed by atoms with E-state index in [1.807, 2.05) is 0 Å². The third-order valence-electron chi connectivity index (χ3n) is 3.04. The standard InChI is InChI=1S/C12H8O10S2.2Na/c13-11(14)7-1-5-3-10(24(20,21)22)8(12(15)16)2-6(5)4-9(7)23(17,18)19;;/h1-4H,(H,13,14)(H,15,16)(H,17,18,19)(H,20,21,22);;/q;2*+1/p-2. The van der Waals surface area contributed by atoms with Crippen molar-refractivity contribution in [3.8, 4) is 0 Å². The van der Waals surface area contributed by atoms with Crippen LogP contribution < -0.4 is 59.1 Å². The predicted molar refractivity (Wildman–Crippen MR) is 73.8 cm³/mol. The Morgan fingerprint density at radius 2 is 0.962 bits per heavy atom. The third kappa shape index (κ3) is 5.25. The van der Waals surface area contributed by atoms with Gasteiger partial charge in [-0.2, -0.15) is 0 Å². The average molecular weight is 420 g/mol. The van der Waals surface area contributed by atoms with E-state index >= 15 is 0 Å². The Morgan fingerprint density at radius 3 is 1.15 bits per heavy atom. The van der Waals surface area contributed by atoms with E-state index in [9.17, 15) is 35.5 Å². The van der Waals surface area contributed by atoms with E-state index in [0.29, 0.717) is 24.3 Å². The molecule has 0 spiro atoms. The van der Waals surface area contributed by atoms with Gasteiger partial charge in [-0.1, -0.05) is 0 Å². The summed E-state index contributed by atoms with van der Waals surface area (Å²) in [7, 11) is -10.4. The zero-order valence-corrected chi connectivity index (χ0v) is 18.9. The Labute approximate surface area is 191 Å². The van der Waals surface area contributed by atoms with Crippen molar-refractivity contribution >= 4 is 42.9 Å². The smallest absolute Gasteiger partial charge is 0.744 e. The molecule has 0 fully saturated rings. The Bertz CT molecular complexity index is 1020. The van der Waals surface area contributed by atoms with Gasteiger partial charge in [-0.3, -0.25) is 0 Å². The van der Waals surface area contributed by atoms with E-state index in [0.717, 1.165) is 0 Å². The van der Waals surface area contributed by atoms with Crippen LogP contribution in [0.3, 0.4) is 0 Å². The summed E-state index contributed by atoms with van der Waals surface area (Å²) in [5.41, 5.74) is -1.87. The van der Waals surface area contributed by atoms with Crippen molar-refractivity contribution < 1.29 is 105 Å². The number of benzene rings is 2. The Morgan fingerprint density at radius 1 is 0.692 bits per heavy atom. The number of rotatable bonds is 4. The summed E-state index contributed by atoms with van der Waals surface area (Å²) in [5.74, 6) is -3.56. The maximum Gasteiger partial charge on any atom is 1.00 e. The fourth-order valence-electron chi connectivity index (χ4n) is 2.06. The molecule has 2 rings (SSSR count). The minimum Gasteiger partial charge on any atom is -0.744 e. The minimum absolute atomic E-state index is 0. The molecule has 0 atom stereocenters. The summed E-state index contributed by atoms with van der Waals surface area (Å²) in [6.07, 6.45) is 0. The largest absolute Gasteiger partial charge is 1.00 e. The molecule has 0 aliphatic rings. The van der Waals surface area contributed by atoms with Crippen molar-refractivity contribution in [3.63, 3.8) is 0 Å². The normalized spacial score (nSPS) is 11.3. The molecule has 0 heterocycles. The zero-order valence-electron chi connectivity index (χ0n) is 13.3. The van der Waals surface area contributed by atoms with Crippen LogP contribution in [-0.2, 0) is 20.2 Å². The summed E-state index contributed by atoms with van der Waals surface area (Å²) in [4.78, 5) is 20.0. The van der Waals surface area contributed by atoms with Crippen LogP contribution in [0.4, 0.5) is 0 Å². The Hall–Kier alpha value is -0.540. The van der Waals surface area contributed by atoms with Crippen LogP contribution in [0.1, 0.15) is 20.7 Å². The second kappa shape index (κ2) is 8.65. The number of carbonyl (C=O) groups is 2. The van der Waals surface area contributed by atoms with Crippen molar-refractivity contribution in [2.45, 2.75) is 9.79 Å². The van der Waals surface area contributed by atoms with Gasteiger partial charge in [0.15, 0.2) is 0 Å². The molecule has 0 aliphatic carbocycles. The van der Waals surface area contributed by atoms with Crippen LogP contribution in [-0.4, -0.2) is 48.1 Å². The number of carboxylic acids is 2. The van der Waals surface area contributed by atoms with Gasteiger partial charge in [0.25, 0.3) is 0 Å². The SMILES string of the molecule is O=C(O)c1cc2cc(S(=O)(=O)[O-])c(C(=O)O)cc2cc1S(=O)(=O)[O-].[Na+].[Na+]. The molecule has 0 unspecified atom stereocenters. The Balaban J connectivity index is 0.00000312. The van der Waals surface area contributed by atoms with Crippen molar-refractivity contribution in [1.82, 2.24) is 0 Å². The predicted octanol–water partition coefficient (Wildman–Crippen LogP) is -5.95. The fourth-order valence-corrected chi connectivity index (χ4v) is 3.43. The van der Waals surface area contributed by atoms with E-state index in [-0.39, 0.29) is 69.9 Å².